The summed E-state index contributed by atoms with van der Waals surface area (Å²) in [5.41, 5.74) is 5.83. The normalized spacial score (nSPS) is 27.2. The van der Waals surface area contributed by atoms with Gasteiger partial charge in [-0.25, -0.2) is 0 Å². The van der Waals surface area contributed by atoms with Crippen molar-refractivity contribution in [2.75, 3.05) is 6.54 Å². The van der Waals surface area contributed by atoms with E-state index in [9.17, 15) is 0 Å². The van der Waals surface area contributed by atoms with E-state index >= 15 is 0 Å². The molecule has 16 heavy (non-hydrogen) atoms. The van der Waals surface area contributed by atoms with E-state index in [1.54, 1.807) is 0 Å². The lowest BCUT2D eigenvalue weighted by Gasteiger charge is -2.39. The Morgan fingerprint density at radius 1 is 1.50 bits per heavy atom. The van der Waals surface area contributed by atoms with Crippen molar-refractivity contribution in [2.24, 2.45) is 5.73 Å². The van der Waals surface area contributed by atoms with E-state index in [1.807, 2.05) is 12.1 Å². The van der Waals surface area contributed by atoms with Crippen LogP contribution in [0.4, 0.5) is 0 Å². The minimum atomic E-state index is 0.507. The summed E-state index contributed by atoms with van der Waals surface area (Å²) in [5, 5.41) is 0. The molecule has 0 aliphatic carbocycles. The van der Waals surface area contributed by atoms with Crippen molar-refractivity contribution in [3.8, 4) is 0 Å². The lowest BCUT2D eigenvalue weighted by atomic mass is 9.96. The van der Waals surface area contributed by atoms with E-state index in [0.717, 1.165) is 23.5 Å². The number of piperidine rings is 1. The molecule has 0 bridgehead atoms. The highest BCUT2D eigenvalue weighted by atomic mass is 79.9. The Kier molecular flexibility index (Phi) is 4.05. The Morgan fingerprint density at radius 3 is 2.94 bits per heavy atom. The SMILES string of the molecule is CC1CCCC(CN)N1Cc1ccc(Br)o1. The second-order valence-corrected chi connectivity index (χ2v) is 5.33. The zero-order valence-corrected chi connectivity index (χ0v) is 11.2. The molecule has 1 aromatic heterocycles. The molecule has 0 radical (unpaired) electrons. The van der Waals surface area contributed by atoms with E-state index in [0.29, 0.717) is 12.1 Å². The molecule has 0 amide bonds. The molecule has 2 rings (SSSR count). The van der Waals surface area contributed by atoms with Crippen molar-refractivity contribution in [1.82, 2.24) is 4.90 Å². The summed E-state index contributed by atoms with van der Waals surface area (Å²) in [4.78, 5) is 2.47. The van der Waals surface area contributed by atoms with E-state index in [1.165, 1.54) is 19.3 Å². The van der Waals surface area contributed by atoms with Crippen LogP contribution in [0, 0.1) is 0 Å². The fourth-order valence-corrected chi connectivity index (χ4v) is 2.84. The van der Waals surface area contributed by atoms with Gasteiger partial charge in [-0.1, -0.05) is 6.42 Å². The predicted molar refractivity (Wildman–Crippen MR) is 68.1 cm³/mol. The smallest absolute Gasteiger partial charge is 0.169 e. The van der Waals surface area contributed by atoms with Gasteiger partial charge in [-0.2, -0.15) is 0 Å². The second kappa shape index (κ2) is 5.34. The Balaban J connectivity index is 2.05. The highest BCUT2D eigenvalue weighted by molar-refractivity contribution is 9.10. The minimum Gasteiger partial charge on any atom is -0.453 e. The Bertz CT molecular complexity index is 340. The van der Waals surface area contributed by atoms with Crippen LogP contribution in [-0.4, -0.2) is 23.5 Å². The molecular weight excluding hydrogens is 268 g/mol. The Hall–Kier alpha value is -0.320. The van der Waals surface area contributed by atoms with E-state index in [-0.39, 0.29) is 0 Å². The molecule has 0 spiro atoms. The van der Waals surface area contributed by atoms with Gasteiger partial charge in [0.2, 0.25) is 0 Å². The predicted octanol–water partition coefficient (Wildman–Crippen LogP) is 2.74. The fraction of sp³-hybridized carbons (Fsp3) is 0.667. The molecule has 90 valence electrons. The van der Waals surface area contributed by atoms with Crippen molar-refractivity contribution in [2.45, 2.75) is 44.8 Å². The number of nitrogens with two attached hydrogens (primary N) is 1. The van der Waals surface area contributed by atoms with Gasteiger partial charge in [-0.3, -0.25) is 4.90 Å². The maximum absolute atomic E-state index is 5.83. The van der Waals surface area contributed by atoms with Crippen LogP contribution in [0.2, 0.25) is 0 Å². The van der Waals surface area contributed by atoms with Crippen molar-refractivity contribution in [3.05, 3.63) is 22.6 Å². The summed E-state index contributed by atoms with van der Waals surface area (Å²) < 4.78 is 6.36. The highest BCUT2D eigenvalue weighted by Gasteiger charge is 2.27. The topological polar surface area (TPSA) is 42.4 Å². The van der Waals surface area contributed by atoms with Crippen LogP contribution in [0.1, 0.15) is 31.9 Å². The standard InChI is InChI=1S/C12H19BrN2O/c1-9-3-2-4-10(7-14)15(9)8-11-5-6-12(13)16-11/h5-6,9-10H,2-4,7-8,14H2,1H3. The van der Waals surface area contributed by atoms with Gasteiger partial charge in [-0.05, 0) is 47.8 Å². The summed E-state index contributed by atoms with van der Waals surface area (Å²) in [7, 11) is 0. The number of nitrogens with zero attached hydrogens (tertiary/aromatic N) is 1. The molecule has 1 aliphatic rings. The quantitative estimate of drug-likeness (QED) is 0.929. The largest absolute Gasteiger partial charge is 0.453 e. The van der Waals surface area contributed by atoms with E-state index in [2.05, 4.69) is 27.8 Å². The molecule has 1 aromatic rings. The van der Waals surface area contributed by atoms with Crippen LogP contribution in [0.25, 0.3) is 0 Å². The molecule has 4 heteroatoms. The second-order valence-electron chi connectivity index (χ2n) is 4.55. The van der Waals surface area contributed by atoms with Crippen LogP contribution < -0.4 is 5.73 Å². The van der Waals surface area contributed by atoms with Crippen LogP contribution in [-0.2, 0) is 6.54 Å². The van der Waals surface area contributed by atoms with E-state index in [4.69, 9.17) is 10.2 Å². The average molecular weight is 287 g/mol. The first-order valence-corrected chi connectivity index (χ1v) is 6.70. The van der Waals surface area contributed by atoms with Gasteiger partial charge in [0.1, 0.15) is 5.76 Å². The molecule has 0 saturated carbocycles. The first-order chi connectivity index (χ1) is 7.70. The Morgan fingerprint density at radius 2 is 2.31 bits per heavy atom. The minimum absolute atomic E-state index is 0.507. The van der Waals surface area contributed by atoms with Gasteiger partial charge in [0.25, 0.3) is 0 Å². The van der Waals surface area contributed by atoms with E-state index < -0.39 is 0 Å². The van der Waals surface area contributed by atoms with Crippen LogP contribution in [0.5, 0.6) is 0 Å². The molecule has 3 nitrogen and oxygen atoms in total. The van der Waals surface area contributed by atoms with Crippen molar-refractivity contribution in [3.63, 3.8) is 0 Å². The fourth-order valence-electron chi connectivity index (χ4n) is 2.50. The average Bonchev–Trinajstić information content (AvgIpc) is 2.67. The maximum Gasteiger partial charge on any atom is 0.169 e. The molecule has 1 saturated heterocycles. The highest BCUT2D eigenvalue weighted by Crippen LogP contribution is 2.25. The van der Waals surface area contributed by atoms with Gasteiger partial charge in [0, 0.05) is 18.6 Å². The molecule has 1 fully saturated rings. The number of halogens is 1. The summed E-state index contributed by atoms with van der Waals surface area (Å²) >= 11 is 3.33. The number of hydrogen-bond donors (Lipinski definition) is 1. The number of likely N-dealkylation sites (tertiary alicyclic amines) is 1. The maximum atomic E-state index is 5.83. The number of hydrogen-bond acceptors (Lipinski definition) is 3. The lowest BCUT2D eigenvalue weighted by Crippen LogP contribution is -2.48. The molecule has 1 aliphatic heterocycles. The molecule has 2 heterocycles. The zero-order valence-electron chi connectivity index (χ0n) is 9.66. The molecule has 2 atom stereocenters. The number of furan rings is 1. The molecule has 2 N–H and O–H groups in total. The van der Waals surface area contributed by atoms with Crippen molar-refractivity contribution < 1.29 is 4.42 Å². The molecule has 2 unspecified atom stereocenters. The Labute approximate surface area is 105 Å². The monoisotopic (exact) mass is 286 g/mol. The third-order valence-electron chi connectivity index (χ3n) is 3.43. The zero-order chi connectivity index (χ0) is 11.5. The summed E-state index contributed by atoms with van der Waals surface area (Å²) in [6, 6.07) is 5.08. The van der Waals surface area contributed by atoms with Crippen LogP contribution >= 0.6 is 15.9 Å². The van der Waals surface area contributed by atoms with Crippen LogP contribution in [0.15, 0.2) is 21.2 Å². The summed E-state index contributed by atoms with van der Waals surface area (Å²) in [6.07, 6.45) is 3.77. The summed E-state index contributed by atoms with van der Waals surface area (Å²) in [6.45, 7) is 3.89. The third kappa shape index (κ3) is 2.67. The van der Waals surface area contributed by atoms with Gasteiger partial charge in [-0.15, -0.1) is 0 Å². The first kappa shape index (κ1) is 12.1. The van der Waals surface area contributed by atoms with Gasteiger partial charge < -0.3 is 10.2 Å². The molecule has 0 aromatic carbocycles. The van der Waals surface area contributed by atoms with Crippen LogP contribution in [0.3, 0.4) is 0 Å². The van der Waals surface area contributed by atoms with Gasteiger partial charge >= 0.3 is 0 Å². The van der Waals surface area contributed by atoms with Gasteiger partial charge in [0.05, 0.1) is 6.54 Å². The third-order valence-corrected chi connectivity index (χ3v) is 3.86. The first-order valence-electron chi connectivity index (χ1n) is 5.90. The lowest BCUT2D eigenvalue weighted by molar-refractivity contribution is 0.0811. The summed E-state index contributed by atoms with van der Waals surface area (Å²) in [5.74, 6) is 1.01. The van der Waals surface area contributed by atoms with Crippen molar-refractivity contribution >= 4 is 15.9 Å². The van der Waals surface area contributed by atoms with Gasteiger partial charge in [0.15, 0.2) is 4.67 Å². The number of rotatable bonds is 3. The van der Waals surface area contributed by atoms with Crippen molar-refractivity contribution in [1.29, 1.82) is 0 Å². The molecular formula is C12H19BrN2O.